The van der Waals surface area contributed by atoms with Crippen LogP contribution in [0.2, 0.25) is 0 Å². The third-order valence-corrected chi connectivity index (χ3v) is 2.91. The molecule has 2 N–H and O–H groups in total. The number of ether oxygens (including phenoxy) is 1. The fourth-order valence-electron chi connectivity index (χ4n) is 1.92. The lowest BCUT2D eigenvalue weighted by Gasteiger charge is -2.24. The van der Waals surface area contributed by atoms with Crippen LogP contribution in [0.5, 0.6) is 0 Å². The standard InChI is InChI=1S/C15H21FN2O3/c1-10(2)9-18(7-6-14(19)21-3)15(20)12-5-4-11(17)8-13(12)16/h4-5,8,10H,6-7,9,17H2,1-3H3. The van der Waals surface area contributed by atoms with E-state index in [2.05, 4.69) is 4.74 Å². The Kier molecular flexibility index (Phi) is 6.14. The summed E-state index contributed by atoms with van der Waals surface area (Å²) in [6, 6.07) is 3.95. The van der Waals surface area contributed by atoms with Gasteiger partial charge in [-0.2, -0.15) is 0 Å². The predicted molar refractivity (Wildman–Crippen MR) is 78.2 cm³/mol. The van der Waals surface area contributed by atoms with Gasteiger partial charge < -0.3 is 15.4 Å². The average molecular weight is 296 g/mol. The Morgan fingerprint density at radius 2 is 2.05 bits per heavy atom. The molecule has 0 atom stereocenters. The Morgan fingerprint density at radius 3 is 2.57 bits per heavy atom. The molecular weight excluding hydrogens is 275 g/mol. The lowest BCUT2D eigenvalue weighted by molar-refractivity contribution is -0.140. The van der Waals surface area contributed by atoms with Crippen molar-refractivity contribution in [3.05, 3.63) is 29.6 Å². The maximum atomic E-state index is 13.8. The van der Waals surface area contributed by atoms with E-state index in [0.29, 0.717) is 6.54 Å². The number of carbonyl (C=O) groups is 2. The fraction of sp³-hybridized carbons (Fsp3) is 0.467. The lowest BCUT2D eigenvalue weighted by atomic mass is 10.1. The molecule has 6 heteroatoms. The highest BCUT2D eigenvalue weighted by molar-refractivity contribution is 5.95. The van der Waals surface area contributed by atoms with Crippen LogP contribution < -0.4 is 5.73 Å². The Hall–Kier alpha value is -2.11. The molecule has 21 heavy (non-hydrogen) atoms. The van der Waals surface area contributed by atoms with Crippen molar-refractivity contribution >= 4 is 17.6 Å². The van der Waals surface area contributed by atoms with Crippen molar-refractivity contribution in [3.63, 3.8) is 0 Å². The van der Waals surface area contributed by atoms with E-state index >= 15 is 0 Å². The molecule has 0 heterocycles. The van der Waals surface area contributed by atoms with Crippen LogP contribution in [-0.2, 0) is 9.53 Å². The van der Waals surface area contributed by atoms with Gasteiger partial charge in [0.15, 0.2) is 0 Å². The number of hydrogen-bond acceptors (Lipinski definition) is 4. The largest absolute Gasteiger partial charge is 0.469 e. The summed E-state index contributed by atoms with van der Waals surface area (Å²) in [5.41, 5.74) is 5.69. The van der Waals surface area contributed by atoms with Gasteiger partial charge in [-0.05, 0) is 24.1 Å². The van der Waals surface area contributed by atoms with Crippen molar-refractivity contribution in [2.45, 2.75) is 20.3 Å². The van der Waals surface area contributed by atoms with Gasteiger partial charge >= 0.3 is 5.97 Å². The van der Waals surface area contributed by atoms with Crippen LogP contribution in [0.1, 0.15) is 30.6 Å². The van der Waals surface area contributed by atoms with E-state index in [-0.39, 0.29) is 30.1 Å². The van der Waals surface area contributed by atoms with Crippen LogP contribution >= 0.6 is 0 Å². The normalized spacial score (nSPS) is 10.5. The monoisotopic (exact) mass is 296 g/mol. The molecule has 1 aromatic rings. The number of rotatable bonds is 6. The Balaban J connectivity index is 2.90. The van der Waals surface area contributed by atoms with Gasteiger partial charge in [-0.1, -0.05) is 13.8 Å². The van der Waals surface area contributed by atoms with Gasteiger partial charge in [0.25, 0.3) is 5.91 Å². The average Bonchev–Trinajstić information content (AvgIpc) is 2.42. The van der Waals surface area contributed by atoms with Crippen LogP contribution in [0, 0.1) is 11.7 Å². The quantitative estimate of drug-likeness (QED) is 0.644. The maximum Gasteiger partial charge on any atom is 0.307 e. The zero-order valence-electron chi connectivity index (χ0n) is 12.6. The molecule has 0 saturated carbocycles. The second-order valence-corrected chi connectivity index (χ2v) is 5.21. The van der Waals surface area contributed by atoms with Crippen LogP contribution in [0.3, 0.4) is 0 Å². The van der Waals surface area contributed by atoms with Crippen molar-refractivity contribution in [2.24, 2.45) is 5.92 Å². The smallest absolute Gasteiger partial charge is 0.307 e. The molecule has 0 aliphatic rings. The zero-order chi connectivity index (χ0) is 16.0. The number of halogens is 1. The number of nitrogen functional groups attached to an aromatic ring is 1. The summed E-state index contributed by atoms with van der Waals surface area (Å²) in [7, 11) is 1.29. The summed E-state index contributed by atoms with van der Waals surface area (Å²) < 4.78 is 18.4. The number of nitrogens with two attached hydrogens (primary N) is 1. The molecular formula is C15H21FN2O3. The molecule has 0 aliphatic carbocycles. The SMILES string of the molecule is COC(=O)CCN(CC(C)C)C(=O)c1ccc(N)cc1F. The minimum atomic E-state index is -0.660. The molecule has 1 aromatic carbocycles. The van der Waals surface area contributed by atoms with Crippen molar-refractivity contribution < 1.29 is 18.7 Å². The van der Waals surface area contributed by atoms with E-state index in [0.717, 1.165) is 6.07 Å². The molecule has 1 rings (SSSR count). The van der Waals surface area contributed by atoms with E-state index in [9.17, 15) is 14.0 Å². The highest BCUT2D eigenvalue weighted by atomic mass is 19.1. The minimum absolute atomic E-state index is 0.0466. The number of hydrogen-bond donors (Lipinski definition) is 1. The molecule has 0 aromatic heterocycles. The minimum Gasteiger partial charge on any atom is -0.469 e. The van der Waals surface area contributed by atoms with E-state index in [1.807, 2.05) is 13.8 Å². The first-order chi connectivity index (χ1) is 9.85. The summed E-state index contributed by atoms with van der Waals surface area (Å²) in [4.78, 5) is 25.1. The number of esters is 1. The lowest BCUT2D eigenvalue weighted by Crippen LogP contribution is -2.36. The van der Waals surface area contributed by atoms with E-state index < -0.39 is 17.7 Å². The highest BCUT2D eigenvalue weighted by Crippen LogP contribution is 2.15. The number of amides is 1. The summed E-state index contributed by atoms with van der Waals surface area (Å²) in [6.07, 6.45) is 0.0750. The molecule has 0 bridgehead atoms. The molecule has 116 valence electrons. The molecule has 5 nitrogen and oxygen atoms in total. The van der Waals surface area contributed by atoms with Crippen molar-refractivity contribution in [1.82, 2.24) is 4.90 Å². The summed E-state index contributed by atoms with van der Waals surface area (Å²) in [6.45, 7) is 4.50. The van der Waals surface area contributed by atoms with Crippen LogP contribution in [0.25, 0.3) is 0 Å². The highest BCUT2D eigenvalue weighted by Gasteiger charge is 2.21. The Labute approximate surface area is 123 Å². The van der Waals surface area contributed by atoms with Gasteiger partial charge in [0.1, 0.15) is 5.82 Å². The third kappa shape index (κ3) is 5.06. The molecule has 0 fully saturated rings. The molecule has 0 saturated heterocycles. The van der Waals surface area contributed by atoms with Gasteiger partial charge in [-0.3, -0.25) is 9.59 Å². The number of nitrogens with zero attached hydrogens (tertiary/aromatic N) is 1. The topological polar surface area (TPSA) is 72.6 Å². The van der Waals surface area contributed by atoms with E-state index in [4.69, 9.17) is 5.73 Å². The van der Waals surface area contributed by atoms with Gasteiger partial charge in [0, 0.05) is 18.8 Å². The number of anilines is 1. The second-order valence-electron chi connectivity index (χ2n) is 5.21. The molecule has 0 radical (unpaired) electrons. The first-order valence-electron chi connectivity index (χ1n) is 6.76. The van der Waals surface area contributed by atoms with Crippen molar-refractivity contribution in [3.8, 4) is 0 Å². The predicted octanol–water partition coefficient (Wildman–Crippen LogP) is 2.07. The Morgan fingerprint density at radius 1 is 1.38 bits per heavy atom. The summed E-state index contributed by atoms with van der Waals surface area (Å²) in [5, 5.41) is 0. The molecule has 0 spiro atoms. The fourth-order valence-corrected chi connectivity index (χ4v) is 1.92. The van der Waals surface area contributed by atoms with Gasteiger partial charge in [0.05, 0.1) is 19.1 Å². The van der Waals surface area contributed by atoms with Gasteiger partial charge in [0.2, 0.25) is 0 Å². The number of benzene rings is 1. The molecule has 0 aliphatic heterocycles. The van der Waals surface area contributed by atoms with E-state index in [1.165, 1.54) is 24.1 Å². The summed E-state index contributed by atoms with van der Waals surface area (Å²) in [5.74, 6) is -1.32. The number of methoxy groups -OCH3 is 1. The molecule has 0 unspecified atom stereocenters. The number of carbonyl (C=O) groups excluding carboxylic acids is 2. The zero-order valence-corrected chi connectivity index (χ0v) is 12.6. The van der Waals surface area contributed by atoms with Crippen molar-refractivity contribution in [1.29, 1.82) is 0 Å². The van der Waals surface area contributed by atoms with Crippen LogP contribution in [0.4, 0.5) is 10.1 Å². The van der Waals surface area contributed by atoms with Crippen molar-refractivity contribution in [2.75, 3.05) is 25.9 Å². The first-order valence-corrected chi connectivity index (χ1v) is 6.76. The first kappa shape index (κ1) is 16.9. The summed E-state index contributed by atoms with van der Waals surface area (Å²) >= 11 is 0. The third-order valence-electron chi connectivity index (χ3n) is 2.91. The molecule has 1 amide bonds. The maximum absolute atomic E-state index is 13.8. The Bertz CT molecular complexity index is 518. The van der Waals surface area contributed by atoms with Gasteiger partial charge in [-0.25, -0.2) is 4.39 Å². The van der Waals surface area contributed by atoms with Crippen LogP contribution in [0.15, 0.2) is 18.2 Å². The second kappa shape index (κ2) is 7.61. The van der Waals surface area contributed by atoms with Crippen LogP contribution in [-0.4, -0.2) is 37.0 Å². The van der Waals surface area contributed by atoms with Gasteiger partial charge in [-0.15, -0.1) is 0 Å². The van der Waals surface area contributed by atoms with E-state index in [1.54, 1.807) is 0 Å².